The first kappa shape index (κ1) is 14.0. The lowest BCUT2D eigenvalue weighted by Gasteiger charge is -2.22. The highest BCUT2D eigenvalue weighted by Crippen LogP contribution is 2.24. The second kappa shape index (κ2) is 5.09. The Morgan fingerprint density at radius 2 is 2.05 bits per heavy atom. The van der Waals surface area contributed by atoms with Crippen molar-refractivity contribution in [2.75, 3.05) is 10.7 Å². The molecule has 0 aliphatic carbocycles. The highest BCUT2D eigenvalue weighted by molar-refractivity contribution is 6.30. The Kier molecular flexibility index (Phi) is 3.23. The predicted molar refractivity (Wildman–Crippen MR) is 82.0 cm³/mol. The Morgan fingerprint density at radius 1 is 1.36 bits per heavy atom. The van der Waals surface area contributed by atoms with Crippen LogP contribution in [0.25, 0.3) is 11.3 Å². The number of aliphatic hydroxyl groups excluding tert-OH is 1. The minimum Gasteiger partial charge on any atom is -0.492 e. The summed E-state index contributed by atoms with van der Waals surface area (Å²) in [6.07, 6.45) is 0. The number of rotatable bonds is 1. The molecule has 0 saturated heterocycles. The second-order valence-electron chi connectivity index (χ2n) is 4.63. The number of aliphatic hydroxyl groups is 1. The summed E-state index contributed by atoms with van der Waals surface area (Å²) in [5, 5.41) is 22.3. The summed E-state index contributed by atoms with van der Waals surface area (Å²) in [7, 11) is 0. The maximum atomic E-state index is 12.4. The fourth-order valence-electron chi connectivity index (χ4n) is 2.04. The molecule has 0 radical (unpaired) electrons. The van der Waals surface area contributed by atoms with Gasteiger partial charge >= 0.3 is 0 Å². The minimum absolute atomic E-state index is 0.132. The number of hydrogen-bond donors (Lipinski definition) is 3. The summed E-state index contributed by atoms with van der Waals surface area (Å²) < 4.78 is 0.986. The largest absolute Gasteiger partial charge is 0.492 e. The Bertz CT molecular complexity index is 893. The molecule has 1 aliphatic heterocycles. The van der Waals surface area contributed by atoms with E-state index in [1.807, 2.05) is 6.07 Å². The molecule has 0 atom stereocenters. The molecule has 0 spiro atoms. The quantitative estimate of drug-likeness (QED) is 0.745. The van der Waals surface area contributed by atoms with Crippen molar-refractivity contribution in [1.29, 1.82) is 5.26 Å². The molecule has 0 unspecified atom stereocenters. The number of hydrogen-bond acceptors (Lipinski definition) is 6. The van der Waals surface area contributed by atoms with Crippen LogP contribution in [0, 0.1) is 11.3 Å². The van der Waals surface area contributed by atoms with E-state index < -0.39 is 5.56 Å². The molecule has 7 nitrogen and oxygen atoms in total. The lowest BCUT2D eigenvalue weighted by molar-refractivity contribution is 0.392. The molecule has 1 aromatic heterocycles. The van der Waals surface area contributed by atoms with Crippen molar-refractivity contribution in [3.05, 3.63) is 56.8 Å². The highest BCUT2D eigenvalue weighted by Gasteiger charge is 2.22. The number of aromatic nitrogens is 2. The molecule has 1 aliphatic rings. The molecular formula is C14H10ClN5O2. The van der Waals surface area contributed by atoms with Crippen molar-refractivity contribution < 1.29 is 5.11 Å². The molecular weight excluding hydrogens is 306 g/mol. The van der Waals surface area contributed by atoms with Crippen molar-refractivity contribution in [3.63, 3.8) is 0 Å². The van der Waals surface area contributed by atoms with Gasteiger partial charge in [-0.3, -0.25) is 10.2 Å². The Balaban J connectivity index is 2.25. The minimum atomic E-state index is -0.607. The Hall–Kier alpha value is -2.98. The summed E-state index contributed by atoms with van der Waals surface area (Å²) in [4.78, 5) is 16.7. The van der Waals surface area contributed by atoms with Gasteiger partial charge in [0.05, 0.1) is 11.4 Å². The SMILES string of the molecule is CC1=C(O)Nn2c(nc(-c3ccc(Cl)cc3)c(C#N)c2=O)N1. The molecule has 0 fully saturated rings. The average Bonchev–Trinajstić information content (AvgIpc) is 2.50. The fourth-order valence-corrected chi connectivity index (χ4v) is 2.17. The number of nitrogens with one attached hydrogen (secondary N) is 2. The summed E-state index contributed by atoms with van der Waals surface area (Å²) in [6.45, 7) is 1.62. The number of fused-ring (bicyclic) bond motifs is 1. The van der Waals surface area contributed by atoms with E-state index in [9.17, 15) is 15.2 Å². The van der Waals surface area contributed by atoms with Gasteiger partial charge in [-0.2, -0.15) is 9.94 Å². The van der Waals surface area contributed by atoms with Gasteiger partial charge in [-0.05, 0) is 19.1 Å². The van der Waals surface area contributed by atoms with Crippen LogP contribution in [0.1, 0.15) is 12.5 Å². The fraction of sp³-hybridized carbons (Fsp3) is 0.0714. The van der Waals surface area contributed by atoms with Crippen molar-refractivity contribution in [2.45, 2.75) is 6.92 Å². The van der Waals surface area contributed by atoms with Crippen molar-refractivity contribution >= 4 is 17.5 Å². The molecule has 3 N–H and O–H groups in total. The van der Waals surface area contributed by atoms with Crippen LogP contribution in [0.2, 0.25) is 5.02 Å². The van der Waals surface area contributed by atoms with Gasteiger partial charge in [0.15, 0.2) is 0 Å². The van der Waals surface area contributed by atoms with E-state index in [0.717, 1.165) is 4.68 Å². The first-order chi connectivity index (χ1) is 10.5. The molecule has 0 amide bonds. The molecule has 22 heavy (non-hydrogen) atoms. The van der Waals surface area contributed by atoms with E-state index in [4.69, 9.17) is 11.6 Å². The molecule has 0 saturated carbocycles. The summed E-state index contributed by atoms with van der Waals surface area (Å²) in [5.74, 6) is -0.0243. The molecule has 1 aromatic carbocycles. The molecule has 110 valence electrons. The third-order valence-electron chi connectivity index (χ3n) is 3.18. The highest BCUT2D eigenvalue weighted by atomic mass is 35.5. The standard InChI is InChI=1S/C14H10ClN5O2/c1-7-12(21)19-20-13(22)10(6-16)11(18-14(20)17-7)8-2-4-9(15)5-3-8/h2-5,19,21H,1H3,(H,17,18). The van der Waals surface area contributed by atoms with E-state index in [1.54, 1.807) is 31.2 Å². The zero-order valence-corrected chi connectivity index (χ0v) is 12.1. The Morgan fingerprint density at radius 3 is 2.68 bits per heavy atom. The summed E-state index contributed by atoms with van der Waals surface area (Å²) in [5.41, 5.74) is 3.00. The third-order valence-corrected chi connectivity index (χ3v) is 3.44. The van der Waals surface area contributed by atoms with Gasteiger partial charge in [-0.15, -0.1) is 0 Å². The van der Waals surface area contributed by atoms with Gasteiger partial charge in [0, 0.05) is 10.6 Å². The smallest absolute Gasteiger partial charge is 0.292 e. The van der Waals surface area contributed by atoms with Crippen LogP contribution >= 0.6 is 11.6 Å². The van der Waals surface area contributed by atoms with E-state index in [2.05, 4.69) is 15.7 Å². The number of nitrogens with zero attached hydrogens (tertiary/aromatic N) is 3. The van der Waals surface area contributed by atoms with Crippen LogP contribution in [-0.4, -0.2) is 14.8 Å². The molecule has 0 bridgehead atoms. The van der Waals surface area contributed by atoms with Gasteiger partial charge < -0.3 is 10.4 Å². The van der Waals surface area contributed by atoms with Crippen molar-refractivity contribution in [2.24, 2.45) is 0 Å². The normalized spacial score (nSPS) is 13.0. The maximum absolute atomic E-state index is 12.4. The molecule has 3 rings (SSSR count). The number of anilines is 1. The van der Waals surface area contributed by atoms with Gasteiger partial charge in [0.25, 0.3) is 5.56 Å². The average molecular weight is 316 g/mol. The number of nitriles is 1. The summed E-state index contributed by atoms with van der Waals surface area (Å²) >= 11 is 5.85. The van der Waals surface area contributed by atoms with E-state index in [1.165, 1.54) is 0 Å². The first-order valence-electron chi connectivity index (χ1n) is 6.28. The lowest BCUT2D eigenvalue weighted by atomic mass is 10.1. The van der Waals surface area contributed by atoms with Gasteiger partial charge in [-0.1, -0.05) is 23.7 Å². The molecule has 2 aromatic rings. The monoisotopic (exact) mass is 315 g/mol. The lowest BCUT2D eigenvalue weighted by Crippen LogP contribution is -2.37. The first-order valence-corrected chi connectivity index (χ1v) is 6.66. The number of allylic oxidation sites excluding steroid dienone is 1. The zero-order chi connectivity index (χ0) is 15.9. The van der Waals surface area contributed by atoms with E-state index in [0.29, 0.717) is 16.3 Å². The van der Waals surface area contributed by atoms with Gasteiger partial charge in [0.1, 0.15) is 11.6 Å². The Labute approximate surface area is 130 Å². The van der Waals surface area contributed by atoms with Gasteiger partial charge in [-0.25, -0.2) is 4.98 Å². The van der Waals surface area contributed by atoms with Crippen molar-refractivity contribution in [1.82, 2.24) is 9.66 Å². The van der Waals surface area contributed by atoms with Crippen LogP contribution in [-0.2, 0) is 0 Å². The third kappa shape index (κ3) is 2.16. The van der Waals surface area contributed by atoms with E-state index in [-0.39, 0.29) is 23.1 Å². The molecule has 8 heteroatoms. The van der Waals surface area contributed by atoms with Crippen LogP contribution in [0.5, 0.6) is 0 Å². The van der Waals surface area contributed by atoms with Crippen LogP contribution < -0.4 is 16.3 Å². The van der Waals surface area contributed by atoms with Crippen LogP contribution in [0.15, 0.2) is 40.6 Å². The van der Waals surface area contributed by atoms with E-state index >= 15 is 0 Å². The number of halogens is 1. The topological polar surface area (TPSA) is 103 Å². The zero-order valence-electron chi connectivity index (χ0n) is 11.4. The summed E-state index contributed by atoms with van der Waals surface area (Å²) in [6, 6.07) is 8.52. The number of benzene rings is 1. The molecule has 2 heterocycles. The van der Waals surface area contributed by atoms with Gasteiger partial charge in [0.2, 0.25) is 11.8 Å². The van der Waals surface area contributed by atoms with Crippen LogP contribution in [0.3, 0.4) is 0 Å². The maximum Gasteiger partial charge on any atom is 0.292 e. The van der Waals surface area contributed by atoms with Crippen molar-refractivity contribution in [3.8, 4) is 17.3 Å². The second-order valence-corrected chi connectivity index (χ2v) is 5.07. The van der Waals surface area contributed by atoms with Crippen LogP contribution in [0.4, 0.5) is 5.95 Å². The predicted octanol–water partition coefficient (Wildman–Crippen LogP) is 2.15.